The molecule has 1 aliphatic carbocycles. The highest BCUT2D eigenvalue weighted by molar-refractivity contribution is 7.89. The van der Waals surface area contributed by atoms with Crippen molar-refractivity contribution in [2.75, 3.05) is 24.5 Å². The highest BCUT2D eigenvalue weighted by Crippen LogP contribution is 2.36. The van der Waals surface area contributed by atoms with E-state index in [1.807, 2.05) is 17.9 Å². The van der Waals surface area contributed by atoms with E-state index in [9.17, 15) is 13.2 Å². The molecule has 1 saturated heterocycles. The highest BCUT2D eigenvalue weighted by Gasteiger charge is 2.36. The second-order valence-corrected chi connectivity index (χ2v) is 10.9. The molecule has 2 aromatic rings. The zero-order valence-electron chi connectivity index (χ0n) is 17.8. The van der Waals surface area contributed by atoms with Crippen LogP contribution in [0, 0.1) is 12.8 Å². The van der Waals surface area contributed by atoms with Gasteiger partial charge in [-0.15, -0.1) is 0 Å². The molecule has 7 nitrogen and oxygen atoms in total. The second kappa shape index (κ2) is 7.98. The molecule has 1 atom stereocenters. The number of carbonyl (C=O) groups is 1. The predicted octanol–water partition coefficient (Wildman–Crippen LogP) is 3.04. The zero-order chi connectivity index (χ0) is 21.6. The topological polar surface area (TPSA) is 83.5 Å². The molecule has 1 aromatic carbocycles. The van der Waals surface area contributed by atoms with Gasteiger partial charge in [-0.25, -0.2) is 18.4 Å². The lowest BCUT2D eigenvalue weighted by Crippen LogP contribution is -2.41. The van der Waals surface area contributed by atoms with Crippen molar-refractivity contribution in [2.24, 2.45) is 5.92 Å². The first-order valence-electron chi connectivity index (χ1n) is 11.2. The Morgan fingerprint density at radius 3 is 2.58 bits per heavy atom. The van der Waals surface area contributed by atoms with Crippen molar-refractivity contribution in [1.29, 1.82) is 0 Å². The Hall–Kier alpha value is -2.32. The molecular weight excluding hydrogens is 412 g/mol. The van der Waals surface area contributed by atoms with Crippen LogP contribution in [-0.2, 0) is 21.2 Å². The number of anilines is 1. The van der Waals surface area contributed by atoms with Crippen LogP contribution in [0.15, 0.2) is 35.2 Å². The van der Waals surface area contributed by atoms with Gasteiger partial charge in [-0.2, -0.15) is 4.31 Å². The van der Waals surface area contributed by atoms with Gasteiger partial charge in [-0.3, -0.25) is 9.69 Å². The molecule has 5 rings (SSSR count). The number of hydrogen-bond donors (Lipinski definition) is 0. The quantitative estimate of drug-likeness (QED) is 0.714. The summed E-state index contributed by atoms with van der Waals surface area (Å²) in [6.07, 6.45) is 5.14. The summed E-state index contributed by atoms with van der Waals surface area (Å²) in [4.78, 5) is 24.5. The number of aromatic nitrogens is 2. The summed E-state index contributed by atoms with van der Waals surface area (Å²) in [7, 11) is -3.54. The van der Waals surface area contributed by atoms with E-state index in [1.165, 1.54) is 12.8 Å². The van der Waals surface area contributed by atoms with E-state index in [2.05, 4.69) is 0 Å². The van der Waals surface area contributed by atoms with Crippen LogP contribution in [0.3, 0.4) is 0 Å². The van der Waals surface area contributed by atoms with E-state index in [0.29, 0.717) is 42.6 Å². The molecule has 3 heterocycles. The van der Waals surface area contributed by atoms with E-state index < -0.39 is 10.0 Å². The van der Waals surface area contributed by atoms with Crippen molar-refractivity contribution < 1.29 is 13.2 Å². The molecule has 0 bridgehead atoms. The number of sulfonamides is 1. The molecule has 1 amide bonds. The van der Waals surface area contributed by atoms with Gasteiger partial charge < -0.3 is 0 Å². The SMILES string of the molecule is Cc1nc([C@H]2CCCN(S(=O)(=O)c3ccccc3)C2)nc2c1CCC(=O)N2CC1CC1. The van der Waals surface area contributed by atoms with Gasteiger partial charge in [0.05, 0.1) is 4.90 Å². The summed E-state index contributed by atoms with van der Waals surface area (Å²) >= 11 is 0. The summed E-state index contributed by atoms with van der Waals surface area (Å²) in [6, 6.07) is 8.58. The van der Waals surface area contributed by atoms with Crippen LogP contribution < -0.4 is 4.90 Å². The third kappa shape index (κ3) is 3.99. The normalized spacial score (nSPS) is 22.4. The van der Waals surface area contributed by atoms with E-state index in [0.717, 1.165) is 36.5 Å². The summed E-state index contributed by atoms with van der Waals surface area (Å²) in [5.74, 6) is 2.07. The van der Waals surface area contributed by atoms with Crippen molar-refractivity contribution in [3.63, 3.8) is 0 Å². The van der Waals surface area contributed by atoms with Crippen molar-refractivity contribution >= 4 is 21.7 Å². The summed E-state index contributed by atoms with van der Waals surface area (Å²) < 4.78 is 27.8. The van der Waals surface area contributed by atoms with Gasteiger partial charge in [0.25, 0.3) is 0 Å². The predicted molar refractivity (Wildman–Crippen MR) is 117 cm³/mol. The fourth-order valence-electron chi connectivity index (χ4n) is 4.65. The van der Waals surface area contributed by atoms with Crippen molar-refractivity contribution in [3.8, 4) is 0 Å². The van der Waals surface area contributed by atoms with Crippen LogP contribution in [0.25, 0.3) is 0 Å². The van der Waals surface area contributed by atoms with Crippen molar-refractivity contribution in [2.45, 2.75) is 56.3 Å². The number of benzene rings is 1. The van der Waals surface area contributed by atoms with Crippen LogP contribution in [-0.4, -0.2) is 48.2 Å². The average Bonchev–Trinajstić information content (AvgIpc) is 3.60. The number of nitrogens with zero attached hydrogens (tertiary/aromatic N) is 4. The Morgan fingerprint density at radius 1 is 1.06 bits per heavy atom. The monoisotopic (exact) mass is 440 g/mol. The van der Waals surface area contributed by atoms with Crippen LogP contribution >= 0.6 is 0 Å². The second-order valence-electron chi connectivity index (χ2n) is 8.93. The first-order chi connectivity index (χ1) is 14.9. The summed E-state index contributed by atoms with van der Waals surface area (Å²) in [5.41, 5.74) is 1.98. The maximum atomic E-state index is 13.1. The lowest BCUT2D eigenvalue weighted by Gasteiger charge is -2.33. The van der Waals surface area contributed by atoms with Gasteiger partial charge in [0.2, 0.25) is 15.9 Å². The Balaban J connectivity index is 1.44. The van der Waals surface area contributed by atoms with Crippen molar-refractivity contribution in [3.05, 3.63) is 47.4 Å². The Morgan fingerprint density at radius 2 is 1.84 bits per heavy atom. The molecule has 0 N–H and O–H groups in total. The maximum absolute atomic E-state index is 13.1. The minimum absolute atomic E-state index is 0.0731. The van der Waals surface area contributed by atoms with Crippen LogP contribution in [0.4, 0.5) is 5.82 Å². The van der Waals surface area contributed by atoms with E-state index >= 15 is 0 Å². The smallest absolute Gasteiger partial charge is 0.243 e. The average molecular weight is 441 g/mol. The highest BCUT2D eigenvalue weighted by atomic mass is 32.2. The zero-order valence-corrected chi connectivity index (χ0v) is 18.6. The maximum Gasteiger partial charge on any atom is 0.243 e. The molecule has 0 unspecified atom stereocenters. The molecule has 0 spiro atoms. The number of carbonyl (C=O) groups excluding carboxylic acids is 1. The summed E-state index contributed by atoms with van der Waals surface area (Å²) in [6.45, 7) is 3.59. The molecule has 8 heteroatoms. The fraction of sp³-hybridized carbons (Fsp3) is 0.522. The summed E-state index contributed by atoms with van der Waals surface area (Å²) in [5, 5.41) is 0. The number of fused-ring (bicyclic) bond motifs is 1. The van der Waals surface area contributed by atoms with Crippen LogP contribution in [0.1, 0.15) is 55.1 Å². The Labute approximate surface area is 183 Å². The first kappa shape index (κ1) is 20.6. The minimum atomic E-state index is -3.54. The third-order valence-corrected chi connectivity index (χ3v) is 8.50. The number of hydrogen-bond acceptors (Lipinski definition) is 5. The molecule has 164 valence electrons. The Kier molecular flexibility index (Phi) is 5.30. The van der Waals surface area contributed by atoms with Crippen molar-refractivity contribution in [1.82, 2.24) is 14.3 Å². The molecular formula is C23H28N4O3S. The van der Waals surface area contributed by atoms with Gasteiger partial charge in [0.15, 0.2) is 0 Å². The molecule has 3 aliphatic rings. The molecule has 0 radical (unpaired) electrons. The number of rotatable bonds is 5. The van der Waals surface area contributed by atoms with E-state index in [-0.39, 0.29) is 11.8 Å². The molecule has 2 fully saturated rings. The van der Waals surface area contributed by atoms with Crippen LogP contribution in [0.2, 0.25) is 0 Å². The number of amides is 1. The van der Waals surface area contributed by atoms with Crippen LogP contribution in [0.5, 0.6) is 0 Å². The van der Waals surface area contributed by atoms with Gasteiger partial charge in [0.1, 0.15) is 11.6 Å². The molecule has 31 heavy (non-hydrogen) atoms. The van der Waals surface area contributed by atoms with E-state index in [4.69, 9.17) is 9.97 Å². The van der Waals surface area contributed by atoms with Gasteiger partial charge in [-0.1, -0.05) is 18.2 Å². The molecule has 2 aliphatic heterocycles. The standard InChI is InChI=1S/C23H28N4O3S/c1-16-20-11-12-21(28)27(14-17-9-10-17)23(20)25-22(24-16)18-6-5-13-26(15-18)31(29,30)19-7-3-2-4-8-19/h2-4,7-8,17-18H,5-6,9-15H2,1H3/t18-/m0/s1. The minimum Gasteiger partial charge on any atom is -0.296 e. The molecule has 1 saturated carbocycles. The first-order valence-corrected chi connectivity index (χ1v) is 12.6. The van der Waals surface area contributed by atoms with Gasteiger partial charge in [0, 0.05) is 43.2 Å². The third-order valence-electron chi connectivity index (χ3n) is 6.62. The molecule has 1 aromatic heterocycles. The van der Waals surface area contributed by atoms with E-state index in [1.54, 1.807) is 28.6 Å². The number of piperidine rings is 1. The van der Waals surface area contributed by atoms with Gasteiger partial charge >= 0.3 is 0 Å². The lowest BCUT2D eigenvalue weighted by atomic mass is 9.97. The Bertz CT molecular complexity index is 1100. The number of aryl methyl sites for hydroxylation is 1. The fourth-order valence-corrected chi connectivity index (χ4v) is 6.19. The lowest BCUT2D eigenvalue weighted by molar-refractivity contribution is -0.119. The largest absolute Gasteiger partial charge is 0.296 e. The van der Waals surface area contributed by atoms with Gasteiger partial charge in [-0.05, 0) is 57.1 Å².